The Morgan fingerprint density at radius 1 is 0.676 bits per heavy atom. The van der Waals surface area contributed by atoms with Crippen LogP contribution in [0, 0.1) is 0 Å². The van der Waals surface area contributed by atoms with Gasteiger partial charge in [-0.2, -0.15) is 0 Å². The second-order valence-corrected chi connectivity index (χ2v) is 7.18. The molecule has 3 rings (SSSR count). The highest BCUT2D eigenvalue weighted by molar-refractivity contribution is 6.02. The number of ether oxygens (including phenoxy) is 1. The van der Waals surface area contributed by atoms with E-state index in [2.05, 4.69) is 4.89 Å². The summed E-state index contributed by atoms with van der Waals surface area (Å²) in [4.78, 5) is 38.0. The molecule has 0 fully saturated rings. The van der Waals surface area contributed by atoms with E-state index in [1.807, 2.05) is 0 Å². The van der Waals surface area contributed by atoms with Crippen molar-refractivity contribution >= 4 is 11.9 Å². The van der Waals surface area contributed by atoms with Crippen molar-refractivity contribution in [1.29, 1.82) is 0 Å². The largest absolute Gasteiger partial charge is 0.508 e. The highest BCUT2D eigenvalue weighted by Crippen LogP contribution is 2.20. The zero-order valence-electron chi connectivity index (χ0n) is 17.8. The second-order valence-electron chi connectivity index (χ2n) is 7.18. The molecule has 0 atom stereocenters. The minimum absolute atomic E-state index is 0.0351. The van der Waals surface area contributed by atoms with Crippen LogP contribution in [0.15, 0.2) is 60.7 Å². The molecule has 0 aliphatic rings. The molecule has 3 aromatic rings. The number of carbonyl (C=O) groups is 2. The van der Waals surface area contributed by atoms with Crippen LogP contribution in [0.2, 0.25) is 0 Å². The molecule has 0 aliphatic carbocycles. The molecule has 0 aliphatic heterocycles. The Balaban J connectivity index is 1.48. The van der Waals surface area contributed by atoms with Crippen molar-refractivity contribution in [2.75, 3.05) is 0 Å². The van der Waals surface area contributed by atoms with E-state index in [0.717, 1.165) is 11.6 Å². The SMILES string of the molecule is O=C(O)c1cc(O)ccc1C(=O)OCc1ccc(COOCc2ccc(O)cc2COO)cc1. The summed E-state index contributed by atoms with van der Waals surface area (Å²) in [6.45, 7) is 0.0263. The predicted octanol–water partition coefficient (Wildman–Crippen LogP) is 3.79. The van der Waals surface area contributed by atoms with Gasteiger partial charge >= 0.3 is 11.9 Å². The number of hydrogen-bond donors (Lipinski definition) is 4. The molecule has 3 aromatic carbocycles. The molecule has 0 radical (unpaired) electrons. The summed E-state index contributed by atoms with van der Waals surface area (Å²) in [5.74, 6) is -2.40. The lowest BCUT2D eigenvalue weighted by Crippen LogP contribution is -2.11. The Labute approximate surface area is 194 Å². The number of hydrogen-bond acceptors (Lipinski definition) is 9. The van der Waals surface area contributed by atoms with E-state index in [4.69, 9.17) is 19.8 Å². The van der Waals surface area contributed by atoms with E-state index < -0.39 is 11.9 Å². The lowest BCUT2D eigenvalue weighted by atomic mass is 10.1. The van der Waals surface area contributed by atoms with Crippen LogP contribution in [-0.2, 0) is 45.8 Å². The summed E-state index contributed by atoms with van der Waals surface area (Å²) in [7, 11) is 0. The molecular formula is C24H22O10. The van der Waals surface area contributed by atoms with Crippen molar-refractivity contribution in [2.24, 2.45) is 0 Å². The minimum atomic E-state index is -1.35. The third-order valence-corrected chi connectivity index (χ3v) is 4.78. The first-order valence-corrected chi connectivity index (χ1v) is 10.00. The summed E-state index contributed by atoms with van der Waals surface area (Å²) in [6, 6.07) is 14.9. The first-order chi connectivity index (χ1) is 16.4. The maximum Gasteiger partial charge on any atom is 0.339 e. The molecule has 178 valence electrons. The smallest absolute Gasteiger partial charge is 0.339 e. The van der Waals surface area contributed by atoms with Gasteiger partial charge in [-0.05, 0) is 52.6 Å². The normalized spacial score (nSPS) is 10.7. The van der Waals surface area contributed by atoms with Crippen LogP contribution in [0.5, 0.6) is 11.5 Å². The minimum Gasteiger partial charge on any atom is -0.508 e. The molecule has 0 unspecified atom stereocenters. The fourth-order valence-electron chi connectivity index (χ4n) is 3.02. The van der Waals surface area contributed by atoms with Crippen molar-refractivity contribution in [3.8, 4) is 11.5 Å². The number of benzene rings is 3. The number of esters is 1. The number of phenols is 2. The van der Waals surface area contributed by atoms with E-state index >= 15 is 0 Å². The number of carbonyl (C=O) groups excluding carboxylic acids is 1. The molecule has 4 N–H and O–H groups in total. The van der Waals surface area contributed by atoms with Crippen molar-refractivity contribution in [1.82, 2.24) is 0 Å². The van der Waals surface area contributed by atoms with Crippen LogP contribution < -0.4 is 0 Å². The molecule has 10 nitrogen and oxygen atoms in total. The zero-order chi connectivity index (χ0) is 24.5. The molecule has 0 bridgehead atoms. The fraction of sp³-hybridized carbons (Fsp3) is 0.167. The van der Waals surface area contributed by atoms with Gasteiger partial charge in [-0.25, -0.2) is 24.3 Å². The molecular weight excluding hydrogens is 448 g/mol. The van der Waals surface area contributed by atoms with E-state index in [1.165, 1.54) is 24.3 Å². The number of rotatable bonds is 11. The van der Waals surface area contributed by atoms with Gasteiger partial charge in [0.1, 0.15) is 37.9 Å². The van der Waals surface area contributed by atoms with Gasteiger partial charge in [-0.3, -0.25) is 5.26 Å². The number of carboxylic acids is 1. The van der Waals surface area contributed by atoms with Gasteiger partial charge in [0.15, 0.2) is 0 Å². The third kappa shape index (κ3) is 6.77. The van der Waals surface area contributed by atoms with Crippen molar-refractivity contribution in [3.63, 3.8) is 0 Å². The Hall–Kier alpha value is -3.96. The standard InChI is InChI=1S/C24H22O10/c25-19-6-5-17(18(9-19)13-32-30)14-34-33-12-16-3-1-15(2-4-16)11-31-24(29)21-8-7-20(26)10-22(21)23(27)28/h1-10,25-26,30H,11-14H2,(H,27,28). The van der Waals surface area contributed by atoms with E-state index in [0.29, 0.717) is 16.7 Å². The van der Waals surface area contributed by atoms with Gasteiger partial charge in [0, 0.05) is 0 Å². The highest BCUT2D eigenvalue weighted by Gasteiger charge is 2.18. The number of phenolic OH excluding ortho intramolecular Hbond substituents is 2. The molecule has 0 saturated heterocycles. The summed E-state index contributed by atoms with van der Waals surface area (Å²) in [5.41, 5.74) is 2.17. The summed E-state index contributed by atoms with van der Waals surface area (Å²) in [5, 5.41) is 36.8. The molecule has 34 heavy (non-hydrogen) atoms. The van der Waals surface area contributed by atoms with Gasteiger partial charge < -0.3 is 20.1 Å². The topological polar surface area (TPSA) is 152 Å². The predicted molar refractivity (Wildman–Crippen MR) is 116 cm³/mol. The lowest BCUT2D eigenvalue weighted by Gasteiger charge is -2.10. The van der Waals surface area contributed by atoms with Crippen molar-refractivity contribution in [3.05, 3.63) is 94.0 Å². The van der Waals surface area contributed by atoms with Crippen molar-refractivity contribution in [2.45, 2.75) is 26.4 Å². The second kappa shape index (κ2) is 11.8. The zero-order valence-corrected chi connectivity index (χ0v) is 17.8. The van der Waals surface area contributed by atoms with Crippen LogP contribution >= 0.6 is 0 Å². The van der Waals surface area contributed by atoms with Crippen LogP contribution in [0.25, 0.3) is 0 Å². The Bertz CT molecular complexity index is 1140. The number of aromatic carboxylic acids is 1. The van der Waals surface area contributed by atoms with Crippen molar-refractivity contribution < 1.29 is 49.6 Å². The Morgan fingerprint density at radius 2 is 1.29 bits per heavy atom. The molecule has 10 heteroatoms. The monoisotopic (exact) mass is 470 g/mol. The molecule has 0 spiro atoms. The van der Waals surface area contributed by atoms with E-state index in [-0.39, 0.29) is 49.1 Å². The van der Waals surface area contributed by atoms with Crippen LogP contribution in [-0.4, -0.2) is 32.5 Å². The maximum atomic E-state index is 12.3. The summed E-state index contributed by atoms with van der Waals surface area (Å²) >= 11 is 0. The number of aromatic hydroxyl groups is 2. The van der Waals surface area contributed by atoms with Gasteiger partial charge in [0.05, 0.1) is 11.1 Å². The fourth-order valence-corrected chi connectivity index (χ4v) is 3.02. The maximum absolute atomic E-state index is 12.3. The molecule has 0 amide bonds. The summed E-state index contributed by atoms with van der Waals surface area (Å²) in [6.07, 6.45) is 0. The first kappa shape index (κ1) is 24.7. The molecule has 0 saturated carbocycles. The van der Waals surface area contributed by atoms with Gasteiger partial charge in [0.2, 0.25) is 0 Å². The average molecular weight is 470 g/mol. The Kier molecular flexibility index (Phi) is 8.54. The molecule has 0 aromatic heterocycles. The van der Waals surface area contributed by atoms with Gasteiger partial charge in [-0.1, -0.05) is 30.3 Å². The third-order valence-electron chi connectivity index (χ3n) is 4.78. The van der Waals surface area contributed by atoms with Crippen LogP contribution in [0.3, 0.4) is 0 Å². The quantitative estimate of drug-likeness (QED) is 0.141. The van der Waals surface area contributed by atoms with E-state index in [9.17, 15) is 24.9 Å². The Morgan fingerprint density at radius 3 is 1.97 bits per heavy atom. The van der Waals surface area contributed by atoms with Crippen LogP contribution in [0.4, 0.5) is 0 Å². The average Bonchev–Trinajstić information content (AvgIpc) is 2.82. The molecule has 0 heterocycles. The number of carboxylic acid groups (broad SMARTS) is 1. The van der Waals surface area contributed by atoms with E-state index in [1.54, 1.807) is 30.3 Å². The highest BCUT2D eigenvalue weighted by atomic mass is 17.2. The van der Waals surface area contributed by atoms with Crippen LogP contribution in [0.1, 0.15) is 43.0 Å². The summed E-state index contributed by atoms with van der Waals surface area (Å²) < 4.78 is 5.19. The lowest BCUT2D eigenvalue weighted by molar-refractivity contribution is -0.313. The van der Waals surface area contributed by atoms with Gasteiger partial charge in [0.25, 0.3) is 0 Å². The van der Waals surface area contributed by atoms with Gasteiger partial charge in [-0.15, -0.1) is 0 Å². The first-order valence-electron chi connectivity index (χ1n) is 10.00.